The van der Waals surface area contributed by atoms with Crippen molar-refractivity contribution in [2.24, 2.45) is 5.92 Å². The van der Waals surface area contributed by atoms with E-state index in [2.05, 4.69) is 0 Å². The largest absolute Gasteiger partial charge is 0.396 e. The number of rotatable bonds is 8. The topological polar surface area (TPSA) is 58.9 Å². The molecule has 1 aliphatic rings. The average molecular weight is 204 g/mol. The SMILES string of the molecule is COCOCCC(O)(CCO)C1CC1. The Kier molecular flexibility index (Phi) is 4.81. The van der Waals surface area contributed by atoms with Crippen LogP contribution in [0.4, 0.5) is 0 Å². The summed E-state index contributed by atoms with van der Waals surface area (Å²) in [5.41, 5.74) is -0.720. The van der Waals surface area contributed by atoms with Crippen LogP contribution in [-0.4, -0.2) is 42.9 Å². The molecule has 0 heterocycles. The van der Waals surface area contributed by atoms with E-state index in [4.69, 9.17) is 14.6 Å². The lowest BCUT2D eigenvalue weighted by Crippen LogP contribution is -2.34. The van der Waals surface area contributed by atoms with Crippen LogP contribution in [0.1, 0.15) is 25.7 Å². The lowest BCUT2D eigenvalue weighted by molar-refractivity contribution is -0.0711. The Balaban J connectivity index is 2.21. The number of methoxy groups -OCH3 is 1. The Labute approximate surface area is 84.8 Å². The summed E-state index contributed by atoms with van der Waals surface area (Å²) in [5.74, 6) is 0.362. The van der Waals surface area contributed by atoms with E-state index in [1.165, 1.54) is 0 Å². The van der Waals surface area contributed by atoms with E-state index < -0.39 is 5.60 Å². The van der Waals surface area contributed by atoms with Crippen LogP contribution in [0.15, 0.2) is 0 Å². The van der Waals surface area contributed by atoms with Gasteiger partial charge in [-0.05, 0) is 31.6 Å². The zero-order chi connectivity index (χ0) is 10.4. The zero-order valence-corrected chi connectivity index (χ0v) is 8.74. The minimum Gasteiger partial charge on any atom is -0.396 e. The van der Waals surface area contributed by atoms with Gasteiger partial charge in [-0.2, -0.15) is 0 Å². The lowest BCUT2D eigenvalue weighted by atomic mass is 9.91. The maximum absolute atomic E-state index is 10.2. The molecule has 0 spiro atoms. The summed E-state index contributed by atoms with van der Waals surface area (Å²) >= 11 is 0. The Morgan fingerprint density at radius 1 is 1.36 bits per heavy atom. The fraction of sp³-hybridized carbons (Fsp3) is 1.00. The van der Waals surface area contributed by atoms with E-state index in [-0.39, 0.29) is 13.4 Å². The molecule has 1 atom stereocenters. The van der Waals surface area contributed by atoms with Gasteiger partial charge in [-0.15, -0.1) is 0 Å². The normalized spacial score (nSPS) is 20.8. The number of aliphatic hydroxyl groups excluding tert-OH is 1. The quantitative estimate of drug-likeness (QED) is 0.447. The van der Waals surface area contributed by atoms with Crippen LogP contribution in [0, 0.1) is 5.92 Å². The predicted molar refractivity (Wildman–Crippen MR) is 51.8 cm³/mol. The first-order valence-electron chi connectivity index (χ1n) is 5.13. The van der Waals surface area contributed by atoms with E-state index in [0.717, 1.165) is 12.8 Å². The first-order valence-corrected chi connectivity index (χ1v) is 5.13. The molecule has 0 amide bonds. The second-order valence-corrected chi connectivity index (χ2v) is 3.92. The summed E-state index contributed by atoms with van der Waals surface area (Å²) in [6.45, 7) is 0.790. The molecule has 1 aliphatic carbocycles. The molecule has 4 nitrogen and oxygen atoms in total. The first-order chi connectivity index (χ1) is 6.73. The Bertz CT molecular complexity index is 158. The van der Waals surface area contributed by atoms with Gasteiger partial charge in [0.2, 0.25) is 0 Å². The van der Waals surface area contributed by atoms with E-state index in [1.54, 1.807) is 7.11 Å². The fourth-order valence-electron chi connectivity index (χ4n) is 1.74. The molecule has 0 saturated heterocycles. The molecule has 0 aliphatic heterocycles. The molecule has 1 rings (SSSR count). The Hall–Kier alpha value is -0.160. The molecular weight excluding hydrogens is 184 g/mol. The maximum Gasteiger partial charge on any atom is 0.146 e. The molecule has 1 saturated carbocycles. The van der Waals surface area contributed by atoms with Gasteiger partial charge in [-0.25, -0.2) is 0 Å². The van der Waals surface area contributed by atoms with Gasteiger partial charge in [-0.3, -0.25) is 0 Å². The molecule has 1 unspecified atom stereocenters. The third-order valence-corrected chi connectivity index (χ3v) is 2.76. The summed E-state index contributed by atoms with van der Waals surface area (Å²) in [6, 6.07) is 0. The molecule has 0 aromatic carbocycles. The van der Waals surface area contributed by atoms with Crippen molar-refractivity contribution in [2.45, 2.75) is 31.3 Å². The molecular formula is C10H20O4. The van der Waals surface area contributed by atoms with Crippen LogP contribution in [0.5, 0.6) is 0 Å². The van der Waals surface area contributed by atoms with Crippen LogP contribution in [-0.2, 0) is 9.47 Å². The van der Waals surface area contributed by atoms with E-state index >= 15 is 0 Å². The molecule has 0 bridgehead atoms. The summed E-state index contributed by atoms with van der Waals surface area (Å²) in [7, 11) is 1.57. The smallest absolute Gasteiger partial charge is 0.146 e. The highest BCUT2D eigenvalue weighted by atomic mass is 16.7. The summed E-state index contributed by atoms with van der Waals surface area (Å²) < 4.78 is 9.88. The van der Waals surface area contributed by atoms with E-state index in [1.807, 2.05) is 0 Å². The first kappa shape index (κ1) is 11.9. The summed E-state index contributed by atoms with van der Waals surface area (Å²) in [5, 5.41) is 19.0. The number of hydrogen-bond acceptors (Lipinski definition) is 4. The molecule has 0 radical (unpaired) electrons. The highest BCUT2D eigenvalue weighted by molar-refractivity contribution is 4.94. The molecule has 1 fully saturated rings. The zero-order valence-electron chi connectivity index (χ0n) is 8.74. The van der Waals surface area contributed by atoms with Gasteiger partial charge in [0.05, 0.1) is 12.2 Å². The standard InChI is InChI=1S/C10H20O4/c1-13-8-14-7-5-10(12,4-6-11)9-2-3-9/h9,11-12H,2-8H2,1H3. The van der Waals surface area contributed by atoms with Crippen molar-refractivity contribution in [1.29, 1.82) is 0 Å². The van der Waals surface area contributed by atoms with Gasteiger partial charge in [0, 0.05) is 13.7 Å². The van der Waals surface area contributed by atoms with Gasteiger partial charge < -0.3 is 19.7 Å². The minimum absolute atomic E-state index is 0.0390. The van der Waals surface area contributed by atoms with Crippen molar-refractivity contribution in [3.63, 3.8) is 0 Å². The van der Waals surface area contributed by atoms with Gasteiger partial charge in [0.25, 0.3) is 0 Å². The number of hydrogen-bond donors (Lipinski definition) is 2. The van der Waals surface area contributed by atoms with Crippen LogP contribution in [0.2, 0.25) is 0 Å². The van der Waals surface area contributed by atoms with Crippen LogP contribution in [0.25, 0.3) is 0 Å². The number of aliphatic hydroxyl groups is 2. The molecule has 84 valence electrons. The Morgan fingerprint density at radius 2 is 2.07 bits per heavy atom. The van der Waals surface area contributed by atoms with Crippen molar-refractivity contribution < 1.29 is 19.7 Å². The van der Waals surface area contributed by atoms with Crippen LogP contribution < -0.4 is 0 Å². The Morgan fingerprint density at radius 3 is 2.57 bits per heavy atom. The molecule has 0 aromatic rings. The molecule has 4 heteroatoms. The van der Waals surface area contributed by atoms with Gasteiger partial charge in [0.1, 0.15) is 6.79 Å². The van der Waals surface area contributed by atoms with Crippen molar-refractivity contribution in [3.8, 4) is 0 Å². The highest BCUT2D eigenvalue weighted by Crippen LogP contribution is 2.43. The highest BCUT2D eigenvalue weighted by Gasteiger charge is 2.42. The van der Waals surface area contributed by atoms with Crippen LogP contribution >= 0.6 is 0 Å². The second kappa shape index (κ2) is 5.66. The van der Waals surface area contributed by atoms with Crippen molar-refractivity contribution in [3.05, 3.63) is 0 Å². The number of ether oxygens (including phenoxy) is 2. The third kappa shape index (κ3) is 3.53. The monoisotopic (exact) mass is 204 g/mol. The van der Waals surface area contributed by atoms with Gasteiger partial charge in [-0.1, -0.05) is 0 Å². The van der Waals surface area contributed by atoms with Gasteiger partial charge >= 0.3 is 0 Å². The average Bonchev–Trinajstić information content (AvgIpc) is 2.96. The van der Waals surface area contributed by atoms with Crippen LogP contribution in [0.3, 0.4) is 0 Å². The summed E-state index contributed by atoms with van der Waals surface area (Å²) in [4.78, 5) is 0. The predicted octanol–water partition coefficient (Wildman–Crippen LogP) is 0.520. The van der Waals surface area contributed by atoms with Crippen molar-refractivity contribution >= 4 is 0 Å². The van der Waals surface area contributed by atoms with Crippen molar-refractivity contribution in [1.82, 2.24) is 0 Å². The van der Waals surface area contributed by atoms with E-state index in [0.29, 0.717) is 25.4 Å². The lowest BCUT2D eigenvalue weighted by Gasteiger charge is -2.27. The maximum atomic E-state index is 10.2. The summed E-state index contributed by atoms with van der Waals surface area (Å²) in [6.07, 6.45) is 3.18. The molecule has 14 heavy (non-hydrogen) atoms. The second-order valence-electron chi connectivity index (χ2n) is 3.92. The third-order valence-electron chi connectivity index (χ3n) is 2.76. The molecule has 2 N–H and O–H groups in total. The van der Waals surface area contributed by atoms with Gasteiger partial charge in [0.15, 0.2) is 0 Å². The van der Waals surface area contributed by atoms with E-state index in [9.17, 15) is 5.11 Å². The molecule has 0 aromatic heterocycles. The fourth-order valence-corrected chi connectivity index (χ4v) is 1.74. The van der Waals surface area contributed by atoms with Crippen molar-refractivity contribution in [2.75, 3.05) is 27.1 Å². The minimum atomic E-state index is -0.720.